The van der Waals surface area contributed by atoms with Crippen LogP contribution in [0.3, 0.4) is 0 Å². The molecule has 0 spiro atoms. The maximum Gasteiger partial charge on any atom is 0.0388 e. The number of hydrogen-bond acceptors (Lipinski definition) is 3. The maximum atomic E-state index is 3.67. The van der Waals surface area contributed by atoms with Gasteiger partial charge in [0, 0.05) is 23.5 Å². The van der Waals surface area contributed by atoms with Crippen LogP contribution in [0.2, 0.25) is 0 Å². The fourth-order valence-corrected chi connectivity index (χ4v) is 2.71. The van der Waals surface area contributed by atoms with Crippen molar-refractivity contribution in [1.29, 1.82) is 0 Å². The molecular weight excluding hydrogens is 192 g/mol. The van der Waals surface area contributed by atoms with Crippen molar-refractivity contribution in [2.75, 3.05) is 13.1 Å². The Balaban J connectivity index is 1.84. The quantitative estimate of drug-likeness (QED) is 0.799. The summed E-state index contributed by atoms with van der Waals surface area (Å²) in [6.45, 7) is 4.56. The van der Waals surface area contributed by atoms with Crippen LogP contribution in [0, 0.1) is 0 Å². The Labute approximate surface area is 89.7 Å². The van der Waals surface area contributed by atoms with Crippen molar-refractivity contribution in [1.82, 2.24) is 10.6 Å². The number of hydrogen-bond donors (Lipinski definition) is 2. The van der Waals surface area contributed by atoms with Gasteiger partial charge in [-0.25, -0.2) is 0 Å². The molecule has 1 aromatic heterocycles. The highest BCUT2D eigenvalue weighted by Gasteiger charge is 2.15. The van der Waals surface area contributed by atoms with Crippen molar-refractivity contribution in [3.05, 3.63) is 22.4 Å². The minimum absolute atomic E-state index is 0.500. The molecule has 0 radical (unpaired) electrons. The summed E-state index contributed by atoms with van der Waals surface area (Å²) < 4.78 is 0. The molecule has 14 heavy (non-hydrogen) atoms. The van der Waals surface area contributed by atoms with Crippen molar-refractivity contribution in [2.24, 2.45) is 0 Å². The molecule has 0 saturated carbocycles. The van der Waals surface area contributed by atoms with E-state index in [1.807, 2.05) is 11.3 Å². The fourth-order valence-electron chi connectivity index (χ4n) is 1.97. The number of nitrogens with one attached hydrogen (secondary N) is 2. The van der Waals surface area contributed by atoms with E-state index in [2.05, 4.69) is 35.1 Å². The van der Waals surface area contributed by atoms with Gasteiger partial charge in [-0.15, -0.1) is 11.3 Å². The summed E-state index contributed by atoms with van der Waals surface area (Å²) in [6, 6.07) is 5.48. The third kappa shape index (κ3) is 2.56. The first kappa shape index (κ1) is 10.1. The van der Waals surface area contributed by atoms with E-state index < -0.39 is 0 Å². The molecule has 3 heteroatoms. The summed E-state index contributed by atoms with van der Waals surface area (Å²) in [4.78, 5) is 1.44. The van der Waals surface area contributed by atoms with Gasteiger partial charge in [0.25, 0.3) is 0 Å². The molecule has 0 unspecified atom stereocenters. The zero-order chi connectivity index (χ0) is 9.80. The van der Waals surface area contributed by atoms with Crippen LogP contribution >= 0.6 is 11.3 Å². The topological polar surface area (TPSA) is 24.1 Å². The summed E-state index contributed by atoms with van der Waals surface area (Å²) >= 11 is 1.84. The third-order valence-electron chi connectivity index (χ3n) is 2.75. The molecule has 1 fully saturated rings. The molecule has 2 heterocycles. The lowest BCUT2D eigenvalue weighted by atomic mass is 10.1. The summed E-state index contributed by atoms with van der Waals surface area (Å²) in [5.41, 5.74) is 0. The molecule has 1 saturated heterocycles. The Morgan fingerprint density at radius 2 is 2.57 bits per heavy atom. The van der Waals surface area contributed by atoms with Gasteiger partial charge in [-0.2, -0.15) is 0 Å². The summed E-state index contributed by atoms with van der Waals surface area (Å²) in [7, 11) is 0. The number of thiophene rings is 1. The van der Waals surface area contributed by atoms with Gasteiger partial charge in [0.15, 0.2) is 0 Å². The molecule has 0 aromatic carbocycles. The van der Waals surface area contributed by atoms with E-state index in [0.29, 0.717) is 12.1 Å². The van der Waals surface area contributed by atoms with Crippen LogP contribution in [-0.2, 0) is 0 Å². The van der Waals surface area contributed by atoms with Gasteiger partial charge < -0.3 is 10.6 Å². The van der Waals surface area contributed by atoms with E-state index in [0.717, 1.165) is 6.54 Å². The summed E-state index contributed by atoms with van der Waals surface area (Å²) in [5, 5.41) is 9.24. The molecule has 2 nitrogen and oxygen atoms in total. The fraction of sp³-hybridized carbons (Fsp3) is 0.636. The minimum atomic E-state index is 0.500. The lowest BCUT2D eigenvalue weighted by Crippen LogP contribution is -2.43. The molecule has 1 aliphatic heterocycles. The Bertz CT molecular complexity index is 252. The number of piperidine rings is 1. The normalized spacial score (nSPS) is 24.8. The van der Waals surface area contributed by atoms with Crippen LogP contribution in [0.25, 0.3) is 0 Å². The standard InChI is InChI=1S/C11H18N2S/c1-9(11-5-3-7-14-11)13-10-4-2-6-12-8-10/h3,5,7,9-10,12-13H,2,4,6,8H2,1H3/t9-,10+/m1/s1. The minimum Gasteiger partial charge on any atom is -0.315 e. The highest BCUT2D eigenvalue weighted by molar-refractivity contribution is 7.10. The molecule has 78 valence electrons. The molecule has 2 N–H and O–H groups in total. The maximum absolute atomic E-state index is 3.67. The molecule has 1 aromatic rings. The van der Waals surface area contributed by atoms with Crippen LogP contribution in [0.4, 0.5) is 0 Å². The smallest absolute Gasteiger partial charge is 0.0388 e. The lowest BCUT2D eigenvalue weighted by molar-refractivity contribution is 0.364. The van der Waals surface area contributed by atoms with Gasteiger partial charge in [-0.1, -0.05) is 6.07 Å². The molecule has 1 aliphatic rings. The first-order chi connectivity index (χ1) is 6.86. The Morgan fingerprint density at radius 1 is 1.64 bits per heavy atom. The second-order valence-electron chi connectivity index (χ2n) is 3.95. The van der Waals surface area contributed by atoms with Gasteiger partial charge in [0.1, 0.15) is 0 Å². The highest BCUT2D eigenvalue weighted by atomic mass is 32.1. The summed E-state index contributed by atoms with van der Waals surface area (Å²) in [5.74, 6) is 0. The molecule has 0 amide bonds. The molecule has 2 rings (SSSR count). The van der Waals surface area contributed by atoms with E-state index in [-0.39, 0.29) is 0 Å². The average molecular weight is 210 g/mol. The van der Waals surface area contributed by atoms with Crippen molar-refractivity contribution in [2.45, 2.75) is 31.8 Å². The first-order valence-corrected chi connectivity index (χ1v) is 6.24. The third-order valence-corrected chi connectivity index (χ3v) is 3.81. The van der Waals surface area contributed by atoms with Gasteiger partial charge in [-0.3, -0.25) is 0 Å². The zero-order valence-electron chi connectivity index (χ0n) is 8.62. The second kappa shape index (κ2) is 4.91. The van der Waals surface area contributed by atoms with Crippen LogP contribution in [-0.4, -0.2) is 19.1 Å². The van der Waals surface area contributed by atoms with Crippen molar-refractivity contribution >= 4 is 11.3 Å². The van der Waals surface area contributed by atoms with Gasteiger partial charge in [0.2, 0.25) is 0 Å². The van der Waals surface area contributed by atoms with Gasteiger partial charge >= 0.3 is 0 Å². The second-order valence-corrected chi connectivity index (χ2v) is 4.93. The average Bonchev–Trinajstić information content (AvgIpc) is 2.72. The Hall–Kier alpha value is -0.380. The molecule has 0 aliphatic carbocycles. The Kier molecular flexibility index (Phi) is 3.56. The predicted molar refractivity (Wildman–Crippen MR) is 61.8 cm³/mol. The molecule has 2 atom stereocenters. The highest BCUT2D eigenvalue weighted by Crippen LogP contribution is 2.19. The SMILES string of the molecule is C[C@@H](N[C@H]1CCCNC1)c1cccs1. The largest absolute Gasteiger partial charge is 0.315 e. The van der Waals surface area contributed by atoms with Crippen LogP contribution in [0.5, 0.6) is 0 Å². The van der Waals surface area contributed by atoms with Crippen LogP contribution in [0.15, 0.2) is 17.5 Å². The zero-order valence-corrected chi connectivity index (χ0v) is 9.44. The van der Waals surface area contributed by atoms with E-state index in [1.165, 1.54) is 24.3 Å². The summed E-state index contributed by atoms with van der Waals surface area (Å²) in [6.07, 6.45) is 2.61. The van der Waals surface area contributed by atoms with E-state index >= 15 is 0 Å². The van der Waals surface area contributed by atoms with Crippen LogP contribution in [0.1, 0.15) is 30.7 Å². The first-order valence-electron chi connectivity index (χ1n) is 5.36. The van der Waals surface area contributed by atoms with E-state index in [4.69, 9.17) is 0 Å². The Morgan fingerprint density at radius 3 is 3.21 bits per heavy atom. The van der Waals surface area contributed by atoms with Crippen LogP contribution < -0.4 is 10.6 Å². The monoisotopic (exact) mass is 210 g/mol. The molecular formula is C11H18N2S. The van der Waals surface area contributed by atoms with Gasteiger partial charge in [0.05, 0.1) is 0 Å². The lowest BCUT2D eigenvalue weighted by Gasteiger charge is -2.26. The predicted octanol–water partition coefficient (Wildman–Crippen LogP) is 2.15. The van der Waals surface area contributed by atoms with Crippen molar-refractivity contribution in [3.8, 4) is 0 Å². The molecule has 0 bridgehead atoms. The van der Waals surface area contributed by atoms with E-state index in [9.17, 15) is 0 Å². The van der Waals surface area contributed by atoms with Crippen molar-refractivity contribution < 1.29 is 0 Å². The van der Waals surface area contributed by atoms with E-state index in [1.54, 1.807) is 0 Å². The van der Waals surface area contributed by atoms with Crippen molar-refractivity contribution in [3.63, 3.8) is 0 Å². The van der Waals surface area contributed by atoms with Gasteiger partial charge in [-0.05, 0) is 37.8 Å². The number of rotatable bonds is 3.